The van der Waals surface area contributed by atoms with Crippen molar-refractivity contribution in [2.75, 3.05) is 44.3 Å². The lowest BCUT2D eigenvalue weighted by atomic mass is 10.1. The number of hydrogen-bond acceptors (Lipinski definition) is 4. The monoisotopic (exact) mass is 380 g/mol. The minimum absolute atomic E-state index is 0.0374. The van der Waals surface area contributed by atoms with Crippen LogP contribution in [0.5, 0.6) is 5.75 Å². The normalized spacial score (nSPS) is 21.3. The maximum absolute atomic E-state index is 13.9. The van der Waals surface area contributed by atoms with Crippen LogP contribution in [-0.2, 0) is 9.53 Å². The number of anilines is 1. The van der Waals surface area contributed by atoms with Crippen LogP contribution in [0, 0.1) is 17.6 Å². The molecule has 1 aliphatic carbocycles. The number of amides is 1. The number of ether oxygens (including phenoxy) is 2. The number of carbonyl (C=O) groups is 1. The average Bonchev–Trinajstić information content (AvgIpc) is 3.47. The number of halogens is 2. The molecule has 0 bridgehead atoms. The fraction of sp³-hybridized carbons (Fsp3) is 0.650. The molecule has 2 heterocycles. The molecule has 2 aliphatic heterocycles. The zero-order valence-electron chi connectivity index (χ0n) is 15.5. The number of rotatable bonds is 7. The van der Waals surface area contributed by atoms with Crippen LogP contribution in [0.3, 0.4) is 0 Å². The van der Waals surface area contributed by atoms with Crippen molar-refractivity contribution in [1.29, 1.82) is 0 Å². The predicted molar refractivity (Wildman–Crippen MR) is 97.0 cm³/mol. The van der Waals surface area contributed by atoms with Gasteiger partial charge in [-0.2, -0.15) is 0 Å². The maximum atomic E-state index is 13.9. The van der Waals surface area contributed by atoms with Gasteiger partial charge < -0.3 is 19.3 Å². The Balaban J connectivity index is 1.25. The molecule has 7 heteroatoms. The van der Waals surface area contributed by atoms with Crippen molar-refractivity contribution < 1.29 is 23.0 Å². The van der Waals surface area contributed by atoms with Crippen molar-refractivity contribution in [3.8, 4) is 5.75 Å². The van der Waals surface area contributed by atoms with E-state index >= 15 is 0 Å². The molecule has 3 aliphatic rings. The van der Waals surface area contributed by atoms with E-state index in [1.165, 1.54) is 17.7 Å². The molecular formula is C20H26F2N2O3. The summed E-state index contributed by atoms with van der Waals surface area (Å²) < 4.78 is 38.6. The second-order valence-corrected chi connectivity index (χ2v) is 7.74. The van der Waals surface area contributed by atoms with Gasteiger partial charge in [0, 0.05) is 38.4 Å². The van der Waals surface area contributed by atoms with Crippen molar-refractivity contribution in [3.63, 3.8) is 0 Å². The minimum atomic E-state index is -0.768. The second-order valence-electron chi connectivity index (χ2n) is 7.74. The lowest BCUT2D eigenvalue weighted by Gasteiger charge is -2.33. The van der Waals surface area contributed by atoms with Crippen LogP contribution in [0.15, 0.2) is 12.1 Å². The first kappa shape index (κ1) is 18.6. The number of benzene rings is 1. The molecule has 0 N–H and O–H groups in total. The van der Waals surface area contributed by atoms with Gasteiger partial charge in [0.25, 0.3) is 5.91 Å². The standard InChI is InChI=1S/C20H26F2N2O3/c21-15-10-17(22)20-18(11-15)24(19(25)13-27-20)7-1-6-23-8-4-16(5-9-23)26-12-14-2-3-14/h10-11,14,16H,1-9,12-13H2. The third-order valence-corrected chi connectivity index (χ3v) is 5.58. The Hall–Kier alpha value is -1.73. The summed E-state index contributed by atoms with van der Waals surface area (Å²) in [7, 11) is 0. The summed E-state index contributed by atoms with van der Waals surface area (Å²) in [5.74, 6) is -0.977. The van der Waals surface area contributed by atoms with Gasteiger partial charge >= 0.3 is 0 Å². The van der Waals surface area contributed by atoms with E-state index in [2.05, 4.69) is 4.90 Å². The van der Waals surface area contributed by atoms with Crippen molar-refractivity contribution >= 4 is 11.6 Å². The lowest BCUT2D eigenvalue weighted by Crippen LogP contribution is -2.42. The van der Waals surface area contributed by atoms with Crippen LogP contribution in [-0.4, -0.2) is 56.3 Å². The number of nitrogens with zero attached hydrogens (tertiary/aromatic N) is 2. The van der Waals surface area contributed by atoms with E-state index in [0.717, 1.165) is 63.6 Å². The summed E-state index contributed by atoms with van der Waals surface area (Å²) in [6, 6.07) is 1.94. The van der Waals surface area contributed by atoms with E-state index < -0.39 is 11.6 Å². The Bertz CT molecular complexity index is 688. The lowest BCUT2D eigenvalue weighted by molar-refractivity contribution is -0.121. The molecule has 1 amide bonds. The highest BCUT2D eigenvalue weighted by Gasteiger charge is 2.29. The van der Waals surface area contributed by atoms with Crippen LogP contribution in [0.25, 0.3) is 0 Å². The summed E-state index contributed by atoms with van der Waals surface area (Å²) in [6.45, 7) is 3.97. The fourth-order valence-corrected chi connectivity index (χ4v) is 3.79. The molecule has 27 heavy (non-hydrogen) atoms. The highest BCUT2D eigenvalue weighted by molar-refractivity contribution is 5.97. The van der Waals surface area contributed by atoms with Gasteiger partial charge in [-0.25, -0.2) is 8.78 Å². The third-order valence-electron chi connectivity index (χ3n) is 5.58. The van der Waals surface area contributed by atoms with Crippen LogP contribution >= 0.6 is 0 Å². The number of fused-ring (bicyclic) bond motifs is 1. The predicted octanol–water partition coefficient (Wildman–Crippen LogP) is 2.97. The van der Waals surface area contributed by atoms with Gasteiger partial charge in [0.1, 0.15) is 5.82 Å². The Morgan fingerprint density at radius 3 is 2.63 bits per heavy atom. The molecule has 0 radical (unpaired) electrons. The van der Waals surface area contributed by atoms with Gasteiger partial charge in [-0.1, -0.05) is 0 Å². The van der Waals surface area contributed by atoms with E-state index in [4.69, 9.17) is 9.47 Å². The molecule has 1 aromatic carbocycles. The van der Waals surface area contributed by atoms with Gasteiger partial charge in [0.2, 0.25) is 0 Å². The Labute approximate surface area is 158 Å². The first-order chi connectivity index (χ1) is 13.1. The largest absolute Gasteiger partial charge is 0.478 e. The van der Waals surface area contributed by atoms with Gasteiger partial charge in [-0.3, -0.25) is 4.79 Å². The van der Waals surface area contributed by atoms with Gasteiger partial charge in [-0.05, 0) is 44.6 Å². The number of likely N-dealkylation sites (tertiary alicyclic amines) is 1. The number of hydrogen-bond donors (Lipinski definition) is 0. The minimum Gasteiger partial charge on any atom is -0.478 e. The van der Waals surface area contributed by atoms with E-state index in [-0.39, 0.29) is 24.0 Å². The Morgan fingerprint density at radius 2 is 1.89 bits per heavy atom. The fourth-order valence-electron chi connectivity index (χ4n) is 3.79. The summed E-state index contributed by atoms with van der Waals surface area (Å²) >= 11 is 0. The van der Waals surface area contributed by atoms with Crippen molar-refractivity contribution in [2.45, 2.75) is 38.2 Å². The first-order valence-electron chi connectivity index (χ1n) is 9.86. The van der Waals surface area contributed by atoms with Crippen LogP contribution in [0.4, 0.5) is 14.5 Å². The van der Waals surface area contributed by atoms with E-state index in [9.17, 15) is 13.6 Å². The van der Waals surface area contributed by atoms with Crippen LogP contribution in [0.1, 0.15) is 32.1 Å². The molecule has 148 valence electrons. The summed E-state index contributed by atoms with van der Waals surface area (Å²) in [4.78, 5) is 16.0. The highest BCUT2D eigenvalue weighted by Crippen LogP contribution is 2.35. The van der Waals surface area contributed by atoms with Gasteiger partial charge in [-0.15, -0.1) is 0 Å². The quantitative estimate of drug-likeness (QED) is 0.729. The summed E-state index contributed by atoms with van der Waals surface area (Å²) in [5.41, 5.74) is 0.191. The van der Waals surface area contributed by atoms with Crippen molar-refractivity contribution in [1.82, 2.24) is 4.90 Å². The van der Waals surface area contributed by atoms with Crippen LogP contribution < -0.4 is 9.64 Å². The highest BCUT2D eigenvalue weighted by atomic mass is 19.1. The molecule has 0 unspecified atom stereocenters. The molecule has 0 atom stereocenters. The van der Waals surface area contributed by atoms with E-state index in [0.29, 0.717) is 12.6 Å². The molecule has 0 spiro atoms. The first-order valence-corrected chi connectivity index (χ1v) is 9.86. The molecule has 2 fully saturated rings. The molecule has 5 nitrogen and oxygen atoms in total. The molecule has 1 saturated heterocycles. The molecular weight excluding hydrogens is 354 g/mol. The summed E-state index contributed by atoms with van der Waals surface area (Å²) in [6.07, 6.45) is 5.84. The zero-order valence-corrected chi connectivity index (χ0v) is 15.5. The number of piperidine rings is 1. The van der Waals surface area contributed by atoms with Crippen molar-refractivity contribution in [2.24, 2.45) is 5.92 Å². The van der Waals surface area contributed by atoms with E-state index in [1.54, 1.807) is 0 Å². The summed E-state index contributed by atoms with van der Waals surface area (Å²) in [5, 5.41) is 0. The topological polar surface area (TPSA) is 42.0 Å². The smallest absolute Gasteiger partial charge is 0.265 e. The van der Waals surface area contributed by atoms with Crippen LogP contribution in [0.2, 0.25) is 0 Å². The molecule has 4 rings (SSSR count). The zero-order chi connectivity index (χ0) is 18.8. The SMILES string of the molecule is O=C1COc2c(F)cc(F)cc2N1CCCN1CCC(OCC2CC2)CC1. The van der Waals surface area contributed by atoms with Gasteiger partial charge in [0.05, 0.1) is 11.8 Å². The van der Waals surface area contributed by atoms with E-state index in [1.807, 2.05) is 0 Å². The Kier molecular flexibility index (Phi) is 5.59. The molecule has 0 aromatic heterocycles. The second kappa shape index (κ2) is 8.10. The average molecular weight is 380 g/mol. The maximum Gasteiger partial charge on any atom is 0.265 e. The van der Waals surface area contributed by atoms with Crippen molar-refractivity contribution in [3.05, 3.63) is 23.8 Å². The Morgan fingerprint density at radius 1 is 1.11 bits per heavy atom. The van der Waals surface area contributed by atoms with Gasteiger partial charge in [0.15, 0.2) is 18.2 Å². The third kappa shape index (κ3) is 4.58. The number of carbonyl (C=O) groups excluding carboxylic acids is 1. The molecule has 1 saturated carbocycles. The molecule has 1 aromatic rings.